The fraction of sp³-hybridized carbons (Fsp3) is 0.600. The maximum Gasteiger partial charge on any atom is 0.324 e. The summed E-state index contributed by atoms with van der Waals surface area (Å²) >= 11 is 7.59. The van der Waals surface area contributed by atoms with Crippen LogP contribution in [0, 0.1) is 0 Å². The van der Waals surface area contributed by atoms with Crippen molar-refractivity contribution in [2.45, 2.75) is 69.3 Å². The predicted octanol–water partition coefficient (Wildman–Crippen LogP) is 3.39. The molecule has 3 heterocycles. The van der Waals surface area contributed by atoms with Crippen molar-refractivity contribution in [1.29, 1.82) is 0 Å². The van der Waals surface area contributed by atoms with E-state index < -0.39 is 28.1 Å². The second-order valence-corrected chi connectivity index (χ2v) is 13.4. The molecule has 36 heavy (non-hydrogen) atoms. The van der Waals surface area contributed by atoms with E-state index >= 15 is 0 Å². The molecule has 2 unspecified atom stereocenters. The molecule has 11 heteroatoms. The lowest BCUT2D eigenvalue weighted by Crippen LogP contribution is -2.53. The van der Waals surface area contributed by atoms with Crippen LogP contribution in [0.5, 0.6) is 0 Å². The summed E-state index contributed by atoms with van der Waals surface area (Å²) in [5.74, 6) is -1.16. The molecule has 198 valence electrons. The molecule has 4 rings (SSSR count). The van der Waals surface area contributed by atoms with Gasteiger partial charge in [0.1, 0.15) is 12.1 Å². The quantitative estimate of drug-likeness (QED) is 0.368. The third-order valence-corrected chi connectivity index (χ3v) is 10.3. The first-order chi connectivity index (χ1) is 17.2. The van der Waals surface area contributed by atoms with Gasteiger partial charge in [0.15, 0.2) is 0 Å². The average Bonchev–Trinajstić information content (AvgIpc) is 3.34. The molecule has 1 N–H and O–H groups in total. The fourth-order valence-corrected chi connectivity index (χ4v) is 8.36. The second-order valence-electron chi connectivity index (χ2n) is 9.29. The van der Waals surface area contributed by atoms with E-state index in [1.54, 1.807) is 11.8 Å². The number of ether oxygens (including phenoxy) is 1. The van der Waals surface area contributed by atoms with Gasteiger partial charge in [-0.05, 0) is 80.7 Å². The monoisotopic (exact) mass is 555 g/mol. The number of hydrogen-bond donors (Lipinski definition) is 1. The number of carbonyl (C=O) groups excluding carboxylic acids is 2. The number of allylic oxidation sites excluding steroid dienone is 2. The zero-order valence-electron chi connectivity index (χ0n) is 20.7. The number of carbonyl (C=O) groups is 2. The highest BCUT2D eigenvalue weighted by molar-refractivity contribution is 8.05. The van der Waals surface area contributed by atoms with E-state index in [4.69, 9.17) is 16.3 Å². The Morgan fingerprint density at radius 3 is 2.89 bits per heavy atom. The molecule has 0 aromatic heterocycles. The van der Waals surface area contributed by atoms with Crippen LogP contribution in [0.2, 0.25) is 0 Å². The Morgan fingerprint density at radius 2 is 2.17 bits per heavy atom. The first-order valence-electron chi connectivity index (χ1n) is 12.5. The van der Waals surface area contributed by atoms with Crippen molar-refractivity contribution >= 4 is 50.9 Å². The Hall–Kier alpha value is -1.59. The lowest BCUT2D eigenvalue weighted by atomic mass is 10.0. The third kappa shape index (κ3) is 6.10. The number of nitrogens with zero attached hydrogens (tertiary/aromatic N) is 2. The zero-order chi connectivity index (χ0) is 25.9. The maximum absolute atomic E-state index is 13.6. The molecule has 3 aliphatic heterocycles. The first-order valence-corrected chi connectivity index (χ1v) is 15.4. The number of halogens is 1. The summed E-state index contributed by atoms with van der Waals surface area (Å²) in [6, 6.07) is 3.94. The zero-order valence-corrected chi connectivity index (χ0v) is 23.1. The third-order valence-electron chi connectivity index (χ3n) is 6.85. The summed E-state index contributed by atoms with van der Waals surface area (Å²) in [7, 11) is -3.95. The summed E-state index contributed by atoms with van der Waals surface area (Å²) in [4.78, 5) is 28.9. The molecule has 0 spiro atoms. The lowest BCUT2D eigenvalue weighted by Gasteiger charge is -2.31. The highest BCUT2D eigenvalue weighted by atomic mass is 35.5. The van der Waals surface area contributed by atoms with Crippen molar-refractivity contribution in [3.63, 3.8) is 0 Å². The normalized spacial score (nSPS) is 23.4. The van der Waals surface area contributed by atoms with Crippen molar-refractivity contribution in [3.05, 3.63) is 40.3 Å². The molecule has 1 aromatic carbocycles. The van der Waals surface area contributed by atoms with Gasteiger partial charge in [-0.15, -0.1) is 23.4 Å². The Morgan fingerprint density at radius 1 is 1.36 bits per heavy atom. The molecular formula is C25H34ClN3O5S2. The second kappa shape index (κ2) is 11.9. The van der Waals surface area contributed by atoms with Gasteiger partial charge in [0.25, 0.3) is 0 Å². The summed E-state index contributed by atoms with van der Waals surface area (Å²) in [6.07, 6.45) is 5.20. The van der Waals surface area contributed by atoms with Gasteiger partial charge >= 0.3 is 5.97 Å². The molecule has 1 amide bonds. The molecule has 1 fully saturated rings. The van der Waals surface area contributed by atoms with Crippen LogP contribution in [0.25, 0.3) is 0 Å². The number of hydrogen-bond acceptors (Lipinski definition) is 7. The van der Waals surface area contributed by atoms with Gasteiger partial charge in [-0.1, -0.05) is 12.1 Å². The molecule has 0 radical (unpaired) electrons. The van der Waals surface area contributed by atoms with E-state index in [1.165, 1.54) is 29.8 Å². The highest BCUT2D eigenvalue weighted by Crippen LogP contribution is 2.37. The standard InChI is InChI=1S/C25H34ClN3O5S2/c1-3-34-25(31)17(2)29(36(32,33)14-11-21-8-9-23(26)35-21)22-10-13-28(24(22)30)20-7-6-19-16-27-12-4-5-18(19)15-20/h6-8,15,17,22-23,27H,3-5,9-14,16H2,1-2H3/t17?,22-,23?/m0/s1. The number of amides is 1. The number of fused-ring (bicyclic) bond motifs is 1. The minimum Gasteiger partial charge on any atom is -0.465 e. The number of aryl methyl sites for hydroxylation is 1. The molecule has 3 atom stereocenters. The van der Waals surface area contributed by atoms with Gasteiger partial charge in [-0.3, -0.25) is 9.59 Å². The van der Waals surface area contributed by atoms with Gasteiger partial charge in [0, 0.05) is 18.8 Å². The molecule has 3 aliphatic rings. The Bertz CT molecular complexity index is 1130. The van der Waals surface area contributed by atoms with Crippen LogP contribution in [-0.2, 0) is 37.3 Å². The van der Waals surface area contributed by atoms with Crippen LogP contribution in [0.1, 0.15) is 50.7 Å². The van der Waals surface area contributed by atoms with E-state index in [-0.39, 0.29) is 23.0 Å². The number of nitrogens with one attached hydrogen (secondary N) is 1. The molecule has 1 aromatic rings. The maximum atomic E-state index is 13.6. The summed E-state index contributed by atoms with van der Waals surface area (Å²) < 4.78 is 33.3. The van der Waals surface area contributed by atoms with Crippen molar-refractivity contribution in [2.24, 2.45) is 0 Å². The van der Waals surface area contributed by atoms with Gasteiger partial charge in [-0.25, -0.2) is 8.42 Å². The fourth-order valence-electron chi connectivity index (χ4n) is 5.02. The van der Waals surface area contributed by atoms with Gasteiger partial charge in [0.2, 0.25) is 15.9 Å². The Kier molecular flexibility index (Phi) is 9.04. The summed E-state index contributed by atoms with van der Waals surface area (Å²) in [5, 5.41) is 3.40. The molecule has 0 saturated carbocycles. The van der Waals surface area contributed by atoms with Gasteiger partial charge < -0.3 is 15.0 Å². The smallest absolute Gasteiger partial charge is 0.324 e. The van der Waals surface area contributed by atoms with E-state index in [9.17, 15) is 18.0 Å². The number of anilines is 1. The first kappa shape index (κ1) is 27.4. The number of benzene rings is 1. The number of thioether (sulfide) groups is 1. The van der Waals surface area contributed by atoms with Crippen molar-refractivity contribution in [3.8, 4) is 0 Å². The average molecular weight is 556 g/mol. The van der Waals surface area contributed by atoms with E-state index in [2.05, 4.69) is 5.32 Å². The van der Waals surface area contributed by atoms with Crippen molar-refractivity contribution in [1.82, 2.24) is 9.62 Å². The van der Waals surface area contributed by atoms with Crippen molar-refractivity contribution in [2.75, 3.05) is 30.3 Å². The van der Waals surface area contributed by atoms with Crippen molar-refractivity contribution < 1.29 is 22.7 Å². The molecule has 0 aliphatic carbocycles. The number of rotatable bonds is 9. The van der Waals surface area contributed by atoms with Crippen LogP contribution in [0.4, 0.5) is 5.69 Å². The van der Waals surface area contributed by atoms with E-state index in [0.29, 0.717) is 25.8 Å². The van der Waals surface area contributed by atoms with Gasteiger partial charge in [0.05, 0.1) is 17.1 Å². The molecular weight excluding hydrogens is 522 g/mol. The van der Waals surface area contributed by atoms with Crippen LogP contribution < -0.4 is 10.2 Å². The number of alkyl halides is 1. The summed E-state index contributed by atoms with van der Waals surface area (Å²) in [5.41, 5.74) is 3.20. The minimum atomic E-state index is -3.95. The Labute approximate surface area is 222 Å². The topological polar surface area (TPSA) is 96.0 Å². The molecule has 0 bridgehead atoms. The number of sulfonamides is 1. The molecule has 1 saturated heterocycles. The number of esters is 1. The van der Waals surface area contributed by atoms with Crippen LogP contribution >= 0.6 is 23.4 Å². The SMILES string of the molecule is CCOC(=O)C(C)N([C@H]1CCN(c2ccc3c(c2)CCCNC3)C1=O)S(=O)(=O)CCC1=CCC(Cl)S1. The van der Waals surface area contributed by atoms with E-state index in [0.717, 1.165) is 40.8 Å². The predicted molar refractivity (Wildman–Crippen MR) is 143 cm³/mol. The van der Waals surface area contributed by atoms with Crippen LogP contribution in [-0.4, -0.2) is 66.8 Å². The van der Waals surface area contributed by atoms with E-state index in [1.807, 2.05) is 24.3 Å². The lowest BCUT2D eigenvalue weighted by molar-refractivity contribution is -0.147. The van der Waals surface area contributed by atoms with Gasteiger partial charge in [-0.2, -0.15) is 4.31 Å². The van der Waals surface area contributed by atoms with Crippen LogP contribution in [0.3, 0.4) is 0 Å². The summed E-state index contributed by atoms with van der Waals surface area (Å²) in [6.45, 7) is 5.44. The largest absolute Gasteiger partial charge is 0.465 e. The Balaban J connectivity index is 1.57. The molecule has 8 nitrogen and oxygen atoms in total. The highest BCUT2D eigenvalue weighted by Gasteiger charge is 2.46. The minimum absolute atomic E-state index is 0.0843. The van der Waals surface area contributed by atoms with Crippen LogP contribution in [0.15, 0.2) is 29.2 Å².